The number of aromatic nitrogens is 1. The number of nitrogens with two attached hydrogens (primary N) is 1. The molecule has 7 aromatic carbocycles. The minimum Gasteiger partial charge on any atom is -0.456 e. The maximum atomic E-state index is 7.29. The highest BCUT2D eigenvalue weighted by molar-refractivity contribution is 6.12. The molecule has 61 heavy (non-hydrogen) atoms. The Kier molecular flexibility index (Phi) is 8.83. The van der Waals surface area contributed by atoms with Crippen LogP contribution in [0, 0.1) is 5.41 Å². The monoisotopic (exact) mass is 783 g/mol. The van der Waals surface area contributed by atoms with Gasteiger partial charge in [-0.1, -0.05) is 164 Å². The number of fused-ring (bicyclic) bond motifs is 9. The molecule has 290 valence electrons. The number of anilines is 1. The molecule has 0 amide bonds. The summed E-state index contributed by atoms with van der Waals surface area (Å²) in [5.41, 5.74) is 20.5. The SMILES string of the molecule is N/C(=C\C1(C2=C/C(n3c4ccccc4c4ccccc43)=C\c3ccccc3-c3ccccc3N\C=C\2)C=CC=CC=C1c1ccc2oc3ccccc3c2c1)c1ccccc1. The van der Waals surface area contributed by atoms with Crippen LogP contribution >= 0.6 is 0 Å². The van der Waals surface area contributed by atoms with Gasteiger partial charge < -0.3 is 20.0 Å². The summed E-state index contributed by atoms with van der Waals surface area (Å²) in [6, 6.07) is 59.6. The Hall–Kier alpha value is -8.08. The van der Waals surface area contributed by atoms with Gasteiger partial charge in [-0.15, -0.1) is 0 Å². The molecule has 1 aliphatic heterocycles. The third-order valence-electron chi connectivity index (χ3n) is 12.1. The van der Waals surface area contributed by atoms with Gasteiger partial charge in [0.25, 0.3) is 0 Å². The molecular weight excluding hydrogens is 743 g/mol. The molecule has 1 unspecified atom stereocenters. The van der Waals surface area contributed by atoms with E-state index in [1.165, 1.54) is 10.8 Å². The number of allylic oxidation sites excluding steroid dienone is 11. The average molecular weight is 784 g/mol. The van der Waals surface area contributed by atoms with Crippen LogP contribution in [0.25, 0.3) is 77.9 Å². The molecule has 2 aliphatic rings. The third kappa shape index (κ3) is 6.25. The van der Waals surface area contributed by atoms with Gasteiger partial charge >= 0.3 is 0 Å². The zero-order chi connectivity index (χ0) is 40.8. The molecule has 4 heteroatoms. The molecule has 1 aliphatic carbocycles. The lowest BCUT2D eigenvalue weighted by Gasteiger charge is -2.34. The number of nitrogens with one attached hydrogen (secondary N) is 1. The van der Waals surface area contributed by atoms with E-state index in [0.29, 0.717) is 5.70 Å². The molecule has 0 saturated carbocycles. The first-order chi connectivity index (χ1) is 30.1. The summed E-state index contributed by atoms with van der Waals surface area (Å²) in [5.74, 6) is 0. The van der Waals surface area contributed by atoms with Crippen LogP contribution in [-0.2, 0) is 0 Å². The average Bonchev–Trinajstić information content (AvgIpc) is 3.75. The summed E-state index contributed by atoms with van der Waals surface area (Å²) in [4.78, 5) is 0. The summed E-state index contributed by atoms with van der Waals surface area (Å²) in [7, 11) is 0. The number of benzene rings is 7. The lowest BCUT2D eigenvalue weighted by atomic mass is 9.69. The minimum atomic E-state index is -0.889. The molecule has 1 atom stereocenters. The molecule has 0 saturated heterocycles. The molecule has 0 bridgehead atoms. The van der Waals surface area contributed by atoms with Crippen LogP contribution in [0.15, 0.2) is 235 Å². The van der Waals surface area contributed by atoms with E-state index in [4.69, 9.17) is 10.2 Å². The van der Waals surface area contributed by atoms with Gasteiger partial charge in [0.2, 0.25) is 0 Å². The van der Waals surface area contributed by atoms with Gasteiger partial charge in [-0.2, -0.15) is 0 Å². The number of para-hydroxylation sites is 4. The van der Waals surface area contributed by atoms with Crippen LogP contribution in [-0.4, -0.2) is 4.57 Å². The second kappa shape index (κ2) is 14.9. The van der Waals surface area contributed by atoms with Gasteiger partial charge in [0, 0.05) is 50.4 Å². The summed E-state index contributed by atoms with van der Waals surface area (Å²) < 4.78 is 8.75. The van der Waals surface area contributed by atoms with E-state index >= 15 is 0 Å². The largest absolute Gasteiger partial charge is 0.456 e. The highest BCUT2D eigenvalue weighted by Gasteiger charge is 2.36. The molecule has 0 spiro atoms. The first kappa shape index (κ1) is 36.0. The normalized spacial score (nSPS) is 18.9. The van der Waals surface area contributed by atoms with E-state index in [1.54, 1.807) is 0 Å². The molecule has 3 heterocycles. The van der Waals surface area contributed by atoms with Crippen LogP contribution < -0.4 is 11.1 Å². The first-order valence-electron chi connectivity index (χ1n) is 20.7. The van der Waals surface area contributed by atoms with Crippen LogP contribution in [0.1, 0.15) is 16.7 Å². The Balaban J connectivity index is 1.25. The minimum absolute atomic E-state index is 0.669. The quantitative estimate of drug-likeness (QED) is 0.183. The Bertz CT molecular complexity index is 3350. The predicted octanol–water partition coefficient (Wildman–Crippen LogP) is 14.4. The lowest BCUT2D eigenvalue weighted by molar-refractivity contribution is 0.669. The maximum absolute atomic E-state index is 7.29. The molecule has 11 rings (SSSR count). The van der Waals surface area contributed by atoms with Crippen molar-refractivity contribution in [2.45, 2.75) is 0 Å². The van der Waals surface area contributed by atoms with Gasteiger partial charge in [0.1, 0.15) is 11.2 Å². The van der Waals surface area contributed by atoms with E-state index in [-0.39, 0.29) is 0 Å². The van der Waals surface area contributed by atoms with Gasteiger partial charge in [-0.25, -0.2) is 0 Å². The number of hydrogen-bond donors (Lipinski definition) is 2. The van der Waals surface area contributed by atoms with Crippen molar-refractivity contribution in [3.63, 3.8) is 0 Å². The Labute approximate surface area is 354 Å². The van der Waals surface area contributed by atoms with Crippen molar-refractivity contribution in [2.75, 3.05) is 5.32 Å². The summed E-state index contributed by atoms with van der Waals surface area (Å²) in [6.07, 6.45) is 22.1. The lowest BCUT2D eigenvalue weighted by Crippen LogP contribution is -2.22. The molecule has 3 N–H and O–H groups in total. The smallest absolute Gasteiger partial charge is 0.135 e. The topological polar surface area (TPSA) is 56.1 Å². The van der Waals surface area contributed by atoms with Crippen molar-refractivity contribution >= 4 is 72.5 Å². The van der Waals surface area contributed by atoms with E-state index < -0.39 is 5.41 Å². The number of rotatable bonds is 5. The number of nitrogens with zero attached hydrogens (tertiary/aromatic N) is 1. The Morgan fingerprint density at radius 2 is 1.26 bits per heavy atom. The van der Waals surface area contributed by atoms with E-state index in [0.717, 1.165) is 83.3 Å². The summed E-state index contributed by atoms with van der Waals surface area (Å²) in [5, 5.41) is 8.25. The second-order valence-corrected chi connectivity index (χ2v) is 15.6. The van der Waals surface area contributed by atoms with Gasteiger partial charge in [0.15, 0.2) is 0 Å². The molecule has 2 aromatic heterocycles. The molecule has 0 fully saturated rings. The number of furan rings is 1. The number of hydrogen-bond acceptors (Lipinski definition) is 3. The maximum Gasteiger partial charge on any atom is 0.135 e. The standard InChI is InChI=1S/C57H41N3O/c58-51(39-17-3-1-4-18-39)38-57(33-16-2-5-25-50(57)41-30-31-56-49(36-41)48-24-11-15-29-55(48)61-56)42-32-34-59-52-26-12-8-21-45(52)44-20-7-6-19-40(44)35-43(37-42)60-53-27-13-9-22-46(53)47-23-10-14-28-54(47)60/h1-38,59H,58H2/b34-32+,42-37+,43-35+,51-38-. The summed E-state index contributed by atoms with van der Waals surface area (Å²) in [6.45, 7) is 0. The van der Waals surface area contributed by atoms with Crippen molar-refractivity contribution < 1.29 is 4.42 Å². The van der Waals surface area contributed by atoms with Gasteiger partial charge in [0.05, 0.1) is 16.4 Å². The van der Waals surface area contributed by atoms with E-state index in [1.807, 2.05) is 30.3 Å². The van der Waals surface area contributed by atoms with Crippen molar-refractivity contribution in [1.29, 1.82) is 0 Å². The van der Waals surface area contributed by atoms with Gasteiger partial charge in [-0.05, 0) is 94.1 Å². The first-order valence-corrected chi connectivity index (χ1v) is 20.7. The third-order valence-corrected chi connectivity index (χ3v) is 12.1. The molecule has 4 nitrogen and oxygen atoms in total. The fourth-order valence-corrected chi connectivity index (χ4v) is 9.23. The predicted molar refractivity (Wildman–Crippen MR) is 257 cm³/mol. The van der Waals surface area contributed by atoms with Crippen molar-refractivity contribution in [2.24, 2.45) is 11.1 Å². The molecular formula is C57H41N3O. The molecule has 0 radical (unpaired) electrons. The highest BCUT2D eigenvalue weighted by Crippen LogP contribution is 2.50. The van der Waals surface area contributed by atoms with Crippen molar-refractivity contribution in [3.8, 4) is 11.1 Å². The zero-order valence-electron chi connectivity index (χ0n) is 33.4. The highest BCUT2D eigenvalue weighted by atomic mass is 16.3. The fraction of sp³-hybridized carbons (Fsp3) is 0.0175. The van der Waals surface area contributed by atoms with Crippen LogP contribution in [0.5, 0.6) is 0 Å². The van der Waals surface area contributed by atoms with Crippen LogP contribution in [0.3, 0.4) is 0 Å². The summed E-state index contributed by atoms with van der Waals surface area (Å²) >= 11 is 0. The fourth-order valence-electron chi connectivity index (χ4n) is 9.23. The van der Waals surface area contributed by atoms with Crippen molar-refractivity contribution in [3.05, 3.63) is 247 Å². The zero-order valence-corrected chi connectivity index (χ0v) is 33.4. The second-order valence-electron chi connectivity index (χ2n) is 15.6. The van der Waals surface area contributed by atoms with E-state index in [2.05, 4.69) is 210 Å². The molecule has 9 aromatic rings. The Morgan fingerprint density at radius 3 is 2.08 bits per heavy atom. The van der Waals surface area contributed by atoms with E-state index in [9.17, 15) is 0 Å². The van der Waals surface area contributed by atoms with Crippen LogP contribution in [0.2, 0.25) is 0 Å². The van der Waals surface area contributed by atoms with Crippen molar-refractivity contribution in [1.82, 2.24) is 4.57 Å². The Morgan fingerprint density at radius 1 is 0.590 bits per heavy atom. The van der Waals surface area contributed by atoms with Gasteiger partial charge in [-0.3, -0.25) is 0 Å². The van der Waals surface area contributed by atoms with Crippen LogP contribution in [0.4, 0.5) is 5.69 Å².